The Bertz CT molecular complexity index is 323. The zero-order valence-electron chi connectivity index (χ0n) is 8.81. The summed E-state index contributed by atoms with van der Waals surface area (Å²) in [5.74, 6) is -0.176. The third kappa shape index (κ3) is 2.79. The van der Waals surface area contributed by atoms with E-state index < -0.39 is 0 Å². The average molecular weight is 225 g/mol. The van der Waals surface area contributed by atoms with Gasteiger partial charge in [0.2, 0.25) is 0 Å². The molecule has 3 nitrogen and oxygen atoms in total. The Kier molecular flexibility index (Phi) is 3.38. The summed E-state index contributed by atoms with van der Waals surface area (Å²) in [6, 6.07) is 3.67. The second-order valence-electron chi connectivity index (χ2n) is 3.91. The highest BCUT2D eigenvalue weighted by atomic mass is 32.1. The number of ether oxygens (including phenoxy) is 1. The first-order valence-electron chi connectivity index (χ1n) is 5.19. The van der Waals surface area contributed by atoms with Crippen molar-refractivity contribution in [2.24, 2.45) is 0 Å². The maximum absolute atomic E-state index is 11.7. The third-order valence-electron chi connectivity index (χ3n) is 2.58. The third-order valence-corrected chi connectivity index (χ3v) is 3.43. The molecule has 1 fully saturated rings. The molecule has 82 valence electrons. The predicted molar refractivity (Wildman–Crippen MR) is 60.3 cm³/mol. The molecule has 0 aromatic carbocycles. The summed E-state index contributed by atoms with van der Waals surface area (Å²) in [6.45, 7) is 1.96. The highest BCUT2D eigenvalue weighted by molar-refractivity contribution is 7.11. The second kappa shape index (κ2) is 4.77. The van der Waals surface area contributed by atoms with Crippen LogP contribution in [0.15, 0.2) is 17.5 Å². The number of thiophene rings is 1. The zero-order valence-corrected chi connectivity index (χ0v) is 9.63. The number of rotatable bonds is 2. The fourth-order valence-corrected chi connectivity index (χ4v) is 2.42. The lowest BCUT2D eigenvalue weighted by Gasteiger charge is -2.29. The summed E-state index contributed by atoms with van der Waals surface area (Å²) in [4.78, 5) is 14.6. The summed E-state index contributed by atoms with van der Waals surface area (Å²) >= 11 is 1.43. The van der Waals surface area contributed by atoms with E-state index >= 15 is 0 Å². The molecule has 0 bridgehead atoms. The minimum atomic E-state index is -0.176. The van der Waals surface area contributed by atoms with E-state index in [2.05, 4.69) is 11.9 Å². The first kappa shape index (κ1) is 10.6. The lowest BCUT2D eigenvalue weighted by molar-refractivity contribution is 0.0114. The Morgan fingerprint density at radius 1 is 1.67 bits per heavy atom. The number of nitrogens with zero attached hydrogens (tertiary/aromatic N) is 1. The minimum Gasteiger partial charge on any atom is -0.457 e. The van der Waals surface area contributed by atoms with Crippen molar-refractivity contribution >= 4 is 17.3 Å². The molecule has 1 saturated heterocycles. The Morgan fingerprint density at radius 3 is 3.20 bits per heavy atom. The van der Waals surface area contributed by atoms with E-state index in [1.807, 2.05) is 11.4 Å². The van der Waals surface area contributed by atoms with E-state index in [1.54, 1.807) is 6.07 Å². The Balaban J connectivity index is 1.89. The van der Waals surface area contributed by atoms with Crippen molar-refractivity contribution in [1.82, 2.24) is 4.90 Å². The lowest BCUT2D eigenvalue weighted by atomic mass is 10.1. The van der Waals surface area contributed by atoms with E-state index in [1.165, 1.54) is 11.3 Å². The number of hydrogen-bond donors (Lipinski definition) is 0. The van der Waals surface area contributed by atoms with Gasteiger partial charge in [-0.1, -0.05) is 6.07 Å². The van der Waals surface area contributed by atoms with E-state index in [0.29, 0.717) is 4.88 Å². The van der Waals surface area contributed by atoms with Gasteiger partial charge in [-0.25, -0.2) is 4.79 Å². The van der Waals surface area contributed by atoms with Crippen LogP contribution in [0, 0.1) is 0 Å². The Hall–Kier alpha value is -0.870. The van der Waals surface area contributed by atoms with Gasteiger partial charge in [-0.2, -0.15) is 0 Å². The number of likely N-dealkylation sites (N-methyl/N-ethyl adjacent to an activating group) is 1. The highest BCUT2D eigenvalue weighted by Crippen LogP contribution is 2.16. The number of piperidine rings is 1. The molecule has 15 heavy (non-hydrogen) atoms. The molecule has 2 rings (SSSR count). The van der Waals surface area contributed by atoms with Crippen LogP contribution in [0.2, 0.25) is 0 Å². The van der Waals surface area contributed by atoms with Crippen molar-refractivity contribution < 1.29 is 9.53 Å². The van der Waals surface area contributed by atoms with Crippen LogP contribution in [-0.4, -0.2) is 37.1 Å². The standard InChI is InChI=1S/C11H15NO2S/c1-12-6-2-4-9(8-12)14-11(13)10-5-3-7-15-10/h3,5,7,9H,2,4,6,8H2,1H3/t9-/m1/s1. The van der Waals surface area contributed by atoms with Gasteiger partial charge in [0.25, 0.3) is 0 Å². The maximum atomic E-state index is 11.7. The predicted octanol–water partition coefficient (Wildman–Crippen LogP) is 2.00. The first-order chi connectivity index (χ1) is 7.25. The van der Waals surface area contributed by atoms with Crippen molar-refractivity contribution in [3.63, 3.8) is 0 Å². The summed E-state index contributed by atoms with van der Waals surface area (Å²) in [5, 5.41) is 1.89. The Morgan fingerprint density at radius 2 is 2.53 bits per heavy atom. The SMILES string of the molecule is CN1CCC[C@@H](OC(=O)c2cccs2)C1. The molecule has 1 aliphatic rings. The minimum absolute atomic E-state index is 0.0679. The molecule has 4 heteroatoms. The average Bonchev–Trinajstić information content (AvgIpc) is 2.70. The molecule has 0 aliphatic carbocycles. The van der Waals surface area contributed by atoms with Gasteiger partial charge in [-0.05, 0) is 37.9 Å². The van der Waals surface area contributed by atoms with Crippen LogP contribution in [0.4, 0.5) is 0 Å². The second-order valence-corrected chi connectivity index (χ2v) is 4.86. The molecule has 1 aromatic rings. The summed E-state index contributed by atoms with van der Waals surface area (Å²) in [5.41, 5.74) is 0. The van der Waals surface area contributed by atoms with Crippen LogP contribution in [0.5, 0.6) is 0 Å². The zero-order chi connectivity index (χ0) is 10.7. The van der Waals surface area contributed by atoms with Crippen molar-refractivity contribution in [3.05, 3.63) is 22.4 Å². The number of carbonyl (C=O) groups is 1. The van der Waals surface area contributed by atoms with Crippen LogP contribution >= 0.6 is 11.3 Å². The summed E-state index contributed by atoms with van der Waals surface area (Å²) < 4.78 is 5.44. The number of likely N-dealkylation sites (tertiary alicyclic amines) is 1. The topological polar surface area (TPSA) is 29.5 Å². The van der Waals surface area contributed by atoms with Crippen molar-refractivity contribution in [3.8, 4) is 0 Å². The molecular formula is C11H15NO2S. The van der Waals surface area contributed by atoms with Gasteiger partial charge < -0.3 is 9.64 Å². The van der Waals surface area contributed by atoms with Crippen LogP contribution in [0.25, 0.3) is 0 Å². The van der Waals surface area contributed by atoms with Gasteiger partial charge >= 0.3 is 5.97 Å². The van der Waals surface area contributed by atoms with Gasteiger partial charge in [-0.15, -0.1) is 11.3 Å². The molecular weight excluding hydrogens is 210 g/mol. The molecule has 1 aromatic heterocycles. The molecule has 2 heterocycles. The van der Waals surface area contributed by atoms with Gasteiger partial charge in [-0.3, -0.25) is 0 Å². The van der Waals surface area contributed by atoms with Crippen LogP contribution in [-0.2, 0) is 4.74 Å². The monoisotopic (exact) mass is 225 g/mol. The summed E-state index contributed by atoms with van der Waals surface area (Å²) in [7, 11) is 2.06. The van der Waals surface area contributed by atoms with E-state index in [-0.39, 0.29) is 12.1 Å². The van der Waals surface area contributed by atoms with Gasteiger partial charge in [0.15, 0.2) is 0 Å². The van der Waals surface area contributed by atoms with E-state index in [4.69, 9.17) is 4.74 Å². The largest absolute Gasteiger partial charge is 0.457 e. The lowest BCUT2D eigenvalue weighted by Crippen LogP contribution is -2.38. The highest BCUT2D eigenvalue weighted by Gasteiger charge is 2.21. The normalized spacial score (nSPS) is 22.6. The Labute approximate surface area is 93.7 Å². The molecule has 0 unspecified atom stereocenters. The molecule has 0 N–H and O–H groups in total. The fourth-order valence-electron chi connectivity index (χ4n) is 1.82. The number of hydrogen-bond acceptors (Lipinski definition) is 4. The molecule has 1 aliphatic heterocycles. The van der Waals surface area contributed by atoms with E-state index in [0.717, 1.165) is 25.9 Å². The van der Waals surface area contributed by atoms with Crippen molar-refractivity contribution in [1.29, 1.82) is 0 Å². The van der Waals surface area contributed by atoms with Gasteiger partial charge in [0.1, 0.15) is 11.0 Å². The van der Waals surface area contributed by atoms with Crippen LogP contribution in [0.3, 0.4) is 0 Å². The van der Waals surface area contributed by atoms with Gasteiger partial charge in [0.05, 0.1) is 0 Å². The maximum Gasteiger partial charge on any atom is 0.348 e. The molecule has 0 spiro atoms. The van der Waals surface area contributed by atoms with Crippen molar-refractivity contribution in [2.45, 2.75) is 18.9 Å². The number of carbonyl (C=O) groups excluding carboxylic acids is 1. The molecule has 0 saturated carbocycles. The molecule has 1 atom stereocenters. The quantitative estimate of drug-likeness (QED) is 0.721. The number of esters is 1. The fraction of sp³-hybridized carbons (Fsp3) is 0.545. The first-order valence-corrected chi connectivity index (χ1v) is 6.06. The molecule has 0 radical (unpaired) electrons. The van der Waals surface area contributed by atoms with Crippen LogP contribution in [0.1, 0.15) is 22.5 Å². The van der Waals surface area contributed by atoms with E-state index in [9.17, 15) is 4.79 Å². The smallest absolute Gasteiger partial charge is 0.348 e. The molecule has 0 amide bonds. The summed E-state index contributed by atoms with van der Waals surface area (Å²) in [6.07, 6.45) is 2.17. The van der Waals surface area contributed by atoms with Crippen molar-refractivity contribution in [2.75, 3.05) is 20.1 Å². The van der Waals surface area contributed by atoms with Crippen LogP contribution < -0.4 is 0 Å². The van der Waals surface area contributed by atoms with Gasteiger partial charge in [0, 0.05) is 6.54 Å².